The molecule has 0 saturated carbocycles. The Balaban J connectivity index is 2.04. The van der Waals surface area contributed by atoms with Crippen LogP contribution in [0.2, 0.25) is 5.02 Å². The van der Waals surface area contributed by atoms with Gasteiger partial charge in [0.05, 0.1) is 33.2 Å². The second-order valence-corrected chi connectivity index (χ2v) is 11.1. The maximum atomic E-state index is 13.2. The Bertz CT molecular complexity index is 1210. The summed E-state index contributed by atoms with van der Waals surface area (Å²) in [6.07, 6.45) is 2.45. The minimum Gasteiger partial charge on any atom is -0.490 e. The molecule has 0 radical (unpaired) electrons. The largest absolute Gasteiger partial charge is 0.490 e. The van der Waals surface area contributed by atoms with E-state index in [1.54, 1.807) is 18.3 Å². The number of aromatic nitrogens is 2. The lowest BCUT2D eigenvalue weighted by Gasteiger charge is -2.20. The zero-order chi connectivity index (χ0) is 23.6. The van der Waals surface area contributed by atoms with Crippen LogP contribution < -0.4 is 10.3 Å². The van der Waals surface area contributed by atoms with E-state index in [0.29, 0.717) is 34.1 Å². The Morgan fingerprint density at radius 2 is 1.97 bits per heavy atom. The van der Waals surface area contributed by atoms with Crippen LogP contribution in [0.4, 0.5) is 0 Å². The highest BCUT2D eigenvalue weighted by atomic mass is 79.9. The molecule has 0 amide bonds. The lowest BCUT2D eigenvalue weighted by atomic mass is 9.99. The Hall–Kier alpha value is -1.70. The molecule has 0 unspecified atom stereocenters. The third kappa shape index (κ3) is 5.80. The lowest BCUT2D eigenvalue weighted by molar-refractivity contribution is 0.197. The highest BCUT2D eigenvalue weighted by Crippen LogP contribution is 2.35. The van der Waals surface area contributed by atoms with Crippen LogP contribution in [-0.2, 0) is 0 Å². The van der Waals surface area contributed by atoms with E-state index in [-0.39, 0.29) is 16.9 Å². The van der Waals surface area contributed by atoms with Gasteiger partial charge >= 0.3 is 0 Å². The summed E-state index contributed by atoms with van der Waals surface area (Å²) in [6.45, 7) is 10.9. The minimum atomic E-state index is -0.210. The maximum Gasteiger partial charge on any atom is 0.282 e. The van der Waals surface area contributed by atoms with Gasteiger partial charge in [-0.05, 0) is 63.7 Å². The van der Waals surface area contributed by atoms with E-state index in [0.717, 1.165) is 20.9 Å². The molecule has 0 fully saturated rings. The van der Waals surface area contributed by atoms with E-state index in [4.69, 9.17) is 21.3 Å². The Labute approximate surface area is 210 Å². The van der Waals surface area contributed by atoms with E-state index in [1.807, 2.05) is 25.1 Å². The second-order valence-electron chi connectivity index (χ2n) is 8.97. The molecule has 0 aliphatic carbocycles. The number of hydrogen-bond acceptors (Lipinski definition) is 4. The number of benzene rings is 2. The topological polar surface area (TPSA) is 56.5 Å². The van der Waals surface area contributed by atoms with Crippen molar-refractivity contribution in [3.05, 3.63) is 66.0 Å². The van der Waals surface area contributed by atoms with Crippen LogP contribution in [0.1, 0.15) is 58.3 Å². The first-order valence-electron chi connectivity index (χ1n) is 10.4. The van der Waals surface area contributed by atoms with E-state index >= 15 is 0 Å². The van der Waals surface area contributed by atoms with Crippen LogP contribution in [0.5, 0.6) is 5.75 Å². The highest BCUT2D eigenvalue weighted by Gasteiger charge is 2.17. The first kappa shape index (κ1) is 24.9. The summed E-state index contributed by atoms with van der Waals surface area (Å²) in [6, 6.07) is 9.13. The zero-order valence-corrected chi connectivity index (χ0v) is 22.7. The van der Waals surface area contributed by atoms with Crippen LogP contribution in [0.3, 0.4) is 0 Å². The van der Waals surface area contributed by atoms with Gasteiger partial charge in [0.1, 0.15) is 5.82 Å². The summed E-state index contributed by atoms with van der Waals surface area (Å²) < 4.78 is 8.83. The molecule has 170 valence electrons. The van der Waals surface area contributed by atoms with Gasteiger partial charge in [0, 0.05) is 10.4 Å². The maximum absolute atomic E-state index is 13.2. The lowest BCUT2D eigenvalue weighted by Crippen LogP contribution is -2.23. The average molecular weight is 584 g/mol. The van der Waals surface area contributed by atoms with Crippen LogP contribution in [0, 0.1) is 5.41 Å². The first-order chi connectivity index (χ1) is 15.0. The minimum absolute atomic E-state index is 0.00845. The SMILES string of the molecule is CC[C@@H](C)c1nc2ccc(Br)cc2c(=O)n1N=Cc1cc(Cl)c(OCC(C)(C)C)c(Br)c1. The van der Waals surface area contributed by atoms with Crippen molar-refractivity contribution in [1.29, 1.82) is 0 Å². The van der Waals surface area contributed by atoms with Gasteiger partial charge in [0.25, 0.3) is 5.56 Å². The molecule has 1 heterocycles. The predicted molar refractivity (Wildman–Crippen MR) is 140 cm³/mol. The van der Waals surface area contributed by atoms with Gasteiger partial charge in [0.15, 0.2) is 5.75 Å². The Kier molecular flexibility index (Phi) is 7.84. The molecule has 0 aliphatic rings. The number of rotatable bonds is 6. The number of fused-ring (bicyclic) bond motifs is 1. The molecule has 5 nitrogen and oxygen atoms in total. The standard InChI is InChI=1S/C24H26Br2ClN3O2/c1-6-14(2)22-29-20-8-7-16(25)11-17(20)23(31)30(22)28-12-15-9-18(26)21(19(27)10-15)32-13-24(3,4)5/h7-12,14H,6,13H2,1-5H3/t14-/m1/s1. The highest BCUT2D eigenvalue weighted by molar-refractivity contribution is 9.10. The van der Waals surface area contributed by atoms with Crippen molar-refractivity contribution < 1.29 is 4.74 Å². The molecule has 0 saturated heterocycles. The molecule has 0 spiro atoms. The van der Waals surface area contributed by atoms with Crippen LogP contribution in [-0.4, -0.2) is 22.5 Å². The van der Waals surface area contributed by atoms with Gasteiger partial charge < -0.3 is 4.74 Å². The first-order valence-corrected chi connectivity index (χ1v) is 12.3. The van der Waals surface area contributed by atoms with Crippen LogP contribution in [0.15, 0.2) is 49.2 Å². The fourth-order valence-electron chi connectivity index (χ4n) is 2.98. The summed E-state index contributed by atoms with van der Waals surface area (Å²) >= 11 is 13.4. The Morgan fingerprint density at radius 1 is 1.25 bits per heavy atom. The summed E-state index contributed by atoms with van der Waals surface area (Å²) in [5, 5.41) is 5.48. The van der Waals surface area contributed by atoms with E-state index < -0.39 is 0 Å². The van der Waals surface area contributed by atoms with Crippen molar-refractivity contribution in [2.24, 2.45) is 10.5 Å². The monoisotopic (exact) mass is 581 g/mol. The van der Waals surface area contributed by atoms with Gasteiger partial charge in [-0.25, -0.2) is 4.98 Å². The molecular formula is C24H26Br2ClN3O2. The van der Waals surface area contributed by atoms with Crippen LogP contribution >= 0.6 is 43.5 Å². The Morgan fingerprint density at radius 3 is 2.59 bits per heavy atom. The number of halogens is 3. The van der Waals surface area contributed by atoms with E-state index in [2.05, 4.69) is 64.7 Å². The number of hydrogen-bond donors (Lipinski definition) is 0. The van der Waals surface area contributed by atoms with Crippen molar-refractivity contribution in [3.63, 3.8) is 0 Å². The zero-order valence-electron chi connectivity index (χ0n) is 18.7. The second kappa shape index (κ2) is 10.1. The quantitative estimate of drug-likeness (QED) is 0.284. The van der Waals surface area contributed by atoms with Crippen molar-refractivity contribution in [2.75, 3.05) is 6.61 Å². The molecule has 3 rings (SSSR count). The third-order valence-corrected chi connectivity index (χ3v) is 6.24. The van der Waals surface area contributed by atoms with Crippen molar-refractivity contribution >= 4 is 60.6 Å². The molecule has 1 atom stereocenters. The summed E-state index contributed by atoms with van der Waals surface area (Å²) in [5.41, 5.74) is 1.19. The van der Waals surface area contributed by atoms with E-state index in [9.17, 15) is 4.79 Å². The molecule has 0 N–H and O–H groups in total. The predicted octanol–water partition coefficient (Wildman–Crippen LogP) is 7.40. The van der Waals surface area contributed by atoms with E-state index in [1.165, 1.54) is 4.68 Å². The van der Waals surface area contributed by atoms with Gasteiger partial charge in [-0.15, -0.1) is 0 Å². The van der Waals surface area contributed by atoms with Crippen molar-refractivity contribution in [2.45, 2.75) is 47.0 Å². The molecule has 32 heavy (non-hydrogen) atoms. The molecule has 2 aromatic carbocycles. The van der Waals surface area contributed by atoms with Gasteiger partial charge in [-0.2, -0.15) is 9.78 Å². The van der Waals surface area contributed by atoms with Crippen LogP contribution in [0.25, 0.3) is 10.9 Å². The number of ether oxygens (including phenoxy) is 1. The molecule has 3 aromatic rings. The fraction of sp³-hybridized carbons (Fsp3) is 0.375. The fourth-order valence-corrected chi connectivity index (χ4v) is 4.33. The molecule has 0 bridgehead atoms. The van der Waals surface area contributed by atoms with Gasteiger partial charge in [0.2, 0.25) is 0 Å². The van der Waals surface area contributed by atoms with Crippen molar-refractivity contribution in [1.82, 2.24) is 9.66 Å². The molecular weight excluding hydrogens is 558 g/mol. The third-order valence-electron chi connectivity index (χ3n) is 4.88. The van der Waals surface area contributed by atoms with Gasteiger partial charge in [-0.3, -0.25) is 4.79 Å². The summed E-state index contributed by atoms with van der Waals surface area (Å²) in [7, 11) is 0. The number of nitrogens with zero attached hydrogens (tertiary/aromatic N) is 3. The van der Waals surface area contributed by atoms with Gasteiger partial charge in [-0.1, -0.05) is 62.1 Å². The summed E-state index contributed by atoms with van der Waals surface area (Å²) in [5.74, 6) is 1.28. The van der Waals surface area contributed by atoms with Crippen molar-refractivity contribution in [3.8, 4) is 5.75 Å². The summed E-state index contributed by atoms with van der Waals surface area (Å²) in [4.78, 5) is 18.0. The average Bonchev–Trinajstić information content (AvgIpc) is 2.71. The molecule has 1 aromatic heterocycles. The molecule has 0 aliphatic heterocycles. The normalized spacial score (nSPS) is 13.1. The smallest absolute Gasteiger partial charge is 0.282 e. The molecule has 8 heteroatoms.